The highest BCUT2D eigenvalue weighted by atomic mass is 35.7. The van der Waals surface area contributed by atoms with Crippen molar-refractivity contribution in [3.05, 3.63) is 29.8 Å². The van der Waals surface area contributed by atoms with Gasteiger partial charge in [-0.3, -0.25) is 0 Å². The SMILES string of the molecule is CCCCCCCCCCCCCCCCc1ccccc1S(=O)(=O)Cl. The molecule has 0 atom stereocenters. The highest BCUT2D eigenvalue weighted by Crippen LogP contribution is 2.22. The van der Waals surface area contributed by atoms with Crippen LogP contribution in [0, 0.1) is 0 Å². The van der Waals surface area contributed by atoms with Gasteiger partial charge in [0.2, 0.25) is 0 Å². The van der Waals surface area contributed by atoms with Gasteiger partial charge in [0.1, 0.15) is 0 Å². The first kappa shape index (κ1) is 23.5. The highest BCUT2D eigenvalue weighted by Gasteiger charge is 2.14. The molecule has 0 heterocycles. The van der Waals surface area contributed by atoms with Gasteiger partial charge in [0.15, 0.2) is 0 Å². The third-order valence-corrected chi connectivity index (χ3v) is 6.46. The molecular formula is C22H37ClO2S. The quantitative estimate of drug-likeness (QED) is 0.211. The van der Waals surface area contributed by atoms with Crippen molar-refractivity contribution in [2.75, 3.05) is 0 Å². The largest absolute Gasteiger partial charge is 0.261 e. The molecule has 0 aliphatic carbocycles. The predicted octanol–water partition coefficient (Wildman–Crippen LogP) is 7.64. The van der Waals surface area contributed by atoms with Crippen molar-refractivity contribution in [2.45, 2.75) is 108 Å². The van der Waals surface area contributed by atoms with Crippen molar-refractivity contribution in [1.29, 1.82) is 0 Å². The first-order chi connectivity index (χ1) is 12.6. The zero-order chi connectivity index (χ0) is 19.1. The normalized spacial score (nSPS) is 11.8. The Kier molecular flexibility index (Phi) is 13.1. The second-order valence-electron chi connectivity index (χ2n) is 7.39. The fraction of sp³-hybridized carbons (Fsp3) is 0.727. The molecule has 0 aliphatic heterocycles. The summed E-state index contributed by atoms with van der Waals surface area (Å²) < 4.78 is 23.1. The number of benzene rings is 1. The second-order valence-corrected chi connectivity index (χ2v) is 9.93. The van der Waals surface area contributed by atoms with E-state index in [-0.39, 0.29) is 4.90 Å². The summed E-state index contributed by atoms with van der Waals surface area (Å²) in [5.74, 6) is 0. The Morgan fingerprint density at radius 3 is 1.58 bits per heavy atom. The van der Waals surface area contributed by atoms with Crippen LogP contribution in [0.3, 0.4) is 0 Å². The summed E-state index contributed by atoms with van der Waals surface area (Å²) in [6, 6.07) is 7.08. The summed E-state index contributed by atoms with van der Waals surface area (Å²) in [4.78, 5) is 0.274. The molecule has 150 valence electrons. The molecule has 0 amide bonds. The van der Waals surface area contributed by atoms with Gasteiger partial charge in [-0.05, 0) is 24.5 Å². The summed E-state index contributed by atoms with van der Waals surface area (Å²) in [6.07, 6.45) is 19.4. The topological polar surface area (TPSA) is 34.1 Å². The number of hydrogen-bond donors (Lipinski definition) is 0. The maximum Gasteiger partial charge on any atom is 0.261 e. The lowest BCUT2D eigenvalue weighted by Crippen LogP contribution is -1.98. The van der Waals surface area contributed by atoms with E-state index in [0.29, 0.717) is 0 Å². The summed E-state index contributed by atoms with van der Waals surface area (Å²) in [5, 5.41) is 0. The Balaban J connectivity index is 1.98. The Labute approximate surface area is 166 Å². The molecule has 0 spiro atoms. The van der Waals surface area contributed by atoms with Gasteiger partial charge in [0.25, 0.3) is 9.05 Å². The molecule has 0 saturated heterocycles. The molecule has 26 heavy (non-hydrogen) atoms. The zero-order valence-corrected chi connectivity index (χ0v) is 18.1. The molecule has 2 nitrogen and oxygen atoms in total. The number of hydrogen-bond acceptors (Lipinski definition) is 2. The van der Waals surface area contributed by atoms with Gasteiger partial charge in [0.05, 0.1) is 4.90 Å². The van der Waals surface area contributed by atoms with E-state index in [2.05, 4.69) is 6.92 Å². The van der Waals surface area contributed by atoms with Gasteiger partial charge >= 0.3 is 0 Å². The molecule has 0 N–H and O–H groups in total. The lowest BCUT2D eigenvalue weighted by molar-refractivity contribution is 0.535. The van der Waals surface area contributed by atoms with Crippen LogP contribution < -0.4 is 0 Å². The standard InChI is InChI=1S/C22H37ClO2S/c1-2-3-4-5-6-7-8-9-10-11-12-13-14-15-18-21-19-16-17-20-22(21)26(23,24)25/h16-17,19-20H,2-15,18H2,1H3. The van der Waals surface area contributed by atoms with E-state index < -0.39 is 9.05 Å². The van der Waals surface area contributed by atoms with Gasteiger partial charge in [-0.2, -0.15) is 0 Å². The number of halogens is 1. The smallest absolute Gasteiger partial charge is 0.207 e. The first-order valence-electron chi connectivity index (χ1n) is 10.6. The van der Waals surface area contributed by atoms with Gasteiger partial charge in [-0.25, -0.2) is 8.42 Å². The average Bonchev–Trinajstić information content (AvgIpc) is 2.61. The molecule has 0 bridgehead atoms. The molecular weight excluding hydrogens is 364 g/mol. The van der Waals surface area contributed by atoms with E-state index >= 15 is 0 Å². The van der Waals surface area contributed by atoms with Crippen LogP contribution in [-0.4, -0.2) is 8.42 Å². The molecule has 1 aromatic rings. The Morgan fingerprint density at radius 1 is 0.692 bits per heavy atom. The zero-order valence-electron chi connectivity index (χ0n) is 16.5. The third kappa shape index (κ3) is 11.2. The molecule has 0 aliphatic rings. The maximum atomic E-state index is 11.6. The minimum absolute atomic E-state index is 0.274. The monoisotopic (exact) mass is 400 g/mol. The summed E-state index contributed by atoms with van der Waals surface area (Å²) in [5.41, 5.74) is 0.849. The van der Waals surface area contributed by atoms with Gasteiger partial charge in [0, 0.05) is 10.7 Å². The fourth-order valence-corrected chi connectivity index (χ4v) is 4.63. The van der Waals surface area contributed by atoms with Crippen LogP contribution in [0.2, 0.25) is 0 Å². The summed E-state index contributed by atoms with van der Waals surface area (Å²) in [7, 11) is 1.87. The van der Waals surface area contributed by atoms with Gasteiger partial charge in [-0.1, -0.05) is 109 Å². The van der Waals surface area contributed by atoms with Crippen molar-refractivity contribution >= 4 is 19.7 Å². The third-order valence-electron chi connectivity index (χ3n) is 5.03. The Morgan fingerprint density at radius 2 is 1.12 bits per heavy atom. The molecule has 0 fully saturated rings. The lowest BCUT2D eigenvalue weighted by Gasteiger charge is -2.07. The molecule has 0 radical (unpaired) electrons. The highest BCUT2D eigenvalue weighted by molar-refractivity contribution is 8.13. The summed E-state index contributed by atoms with van der Waals surface area (Å²) in [6.45, 7) is 2.27. The molecule has 1 aromatic carbocycles. The van der Waals surface area contributed by atoms with E-state index in [1.165, 1.54) is 77.0 Å². The molecule has 1 rings (SSSR count). The Bertz CT molecular complexity index is 569. The van der Waals surface area contributed by atoms with Crippen LogP contribution in [0.1, 0.15) is 102 Å². The van der Waals surface area contributed by atoms with Crippen molar-refractivity contribution in [3.63, 3.8) is 0 Å². The predicted molar refractivity (Wildman–Crippen MR) is 113 cm³/mol. The average molecular weight is 401 g/mol. The molecule has 4 heteroatoms. The van der Waals surface area contributed by atoms with Crippen LogP contribution in [-0.2, 0) is 15.5 Å². The van der Waals surface area contributed by atoms with E-state index in [0.717, 1.165) is 24.8 Å². The summed E-state index contributed by atoms with van der Waals surface area (Å²) >= 11 is 0. The molecule has 0 saturated carbocycles. The van der Waals surface area contributed by atoms with E-state index in [1.807, 2.05) is 12.1 Å². The van der Waals surface area contributed by atoms with Crippen LogP contribution in [0.15, 0.2) is 29.2 Å². The van der Waals surface area contributed by atoms with Crippen molar-refractivity contribution in [2.24, 2.45) is 0 Å². The van der Waals surface area contributed by atoms with Gasteiger partial charge < -0.3 is 0 Å². The van der Waals surface area contributed by atoms with Crippen molar-refractivity contribution < 1.29 is 8.42 Å². The first-order valence-corrected chi connectivity index (χ1v) is 12.9. The van der Waals surface area contributed by atoms with E-state index in [9.17, 15) is 8.42 Å². The number of unbranched alkanes of at least 4 members (excludes halogenated alkanes) is 13. The second kappa shape index (κ2) is 14.5. The van der Waals surface area contributed by atoms with Gasteiger partial charge in [-0.15, -0.1) is 0 Å². The van der Waals surface area contributed by atoms with Crippen molar-refractivity contribution in [3.8, 4) is 0 Å². The minimum Gasteiger partial charge on any atom is -0.207 e. The van der Waals surface area contributed by atoms with E-state index in [1.54, 1.807) is 12.1 Å². The van der Waals surface area contributed by atoms with Crippen LogP contribution in [0.25, 0.3) is 0 Å². The lowest BCUT2D eigenvalue weighted by atomic mass is 10.0. The maximum absolute atomic E-state index is 11.6. The van der Waals surface area contributed by atoms with Crippen LogP contribution in [0.4, 0.5) is 0 Å². The number of rotatable bonds is 16. The van der Waals surface area contributed by atoms with E-state index in [4.69, 9.17) is 10.7 Å². The minimum atomic E-state index is -3.63. The fourth-order valence-electron chi connectivity index (χ4n) is 3.46. The molecule has 0 unspecified atom stereocenters. The van der Waals surface area contributed by atoms with Crippen molar-refractivity contribution in [1.82, 2.24) is 0 Å². The Hall–Kier alpha value is -0.540. The molecule has 0 aromatic heterocycles. The van der Waals surface area contributed by atoms with Crippen LogP contribution in [0.5, 0.6) is 0 Å². The van der Waals surface area contributed by atoms with Crippen LogP contribution >= 0.6 is 10.7 Å². The number of aryl methyl sites for hydroxylation is 1.